The summed E-state index contributed by atoms with van der Waals surface area (Å²) in [7, 11) is -1.27. The lowest BCUT2D eigenvalue weighted by Crippen LogP contribution is -2.37. The number of benzene rings is 3. The van der Waals surface area contributed by atoms with Gasteiger partial charge in [0, 0.05) is 20.9 Å². The highest BCUT2D eigenvalue weighted by Crippen LogP contribution is 2.33. The average Bonchev–Trinajstić information content (AvgIpc) is 2.88. The fraction of sp³-hybridized carbons (Fsp3) is 0.143. The smallest absolute Gasteiger partial charge is 0.0775 e. The highest BCUT2D eigenvalue weighted by molar-refractivity contribution is 9.10. The number of aromatic nitrogens is 1. The van der Waals surface area contributed by atoms with Crippen molar-refractivity contribution in [2.45, 2.75) is 19.6 Å². The molecule has 0 radical (unpaired) electrons. The van der Waals surface area contributed by atoms with Crippen LogP contribution in [0.5, 0.6) is 0 Å². The van der Waals surface area contributed by atoms with E-state index in [1.54, 1.807) is 0 Å². The van der Waals surface area contributed by atoms with E-state index in [-0.39, 0.29) is 0 Å². The van der Waals surface area contributed by atoms with Gasteiger partial charge in [0.05, 0.1) is 19.1 Å². The Morgan fingerprint density at radius 1 is 0.750 bits per heavy atom. The van der Waals surface area contributed by atoms with Gasteiger partial charge in [0.15, 0.2) is 0 Å². The van der Waals surface area contributed by atoms with Gasteiger partial charge < -0.3 is 4.57 Å². The van der Waals surface area contributed by atoms with Gasteiger partial charge in [-0.25, -0.2) is 0 Å². The fourth-order valence-electron chi connectivity index (χ4n) is 3.33. The van der Waals surface area contributed by atoms with E-state index in [1.165, 1.54) is 32.7 Å². The lowest BCUT2D eigenvalue weighted by molar-refractivity contribution is 1.18. The van der Waals surface area contributed by atoms with Crippen molar-refractivity contribution in [3.8, 4) is 5.69 Å². The van der Waals surface area contributed by atoms with E-state index in [4.69, 9.17) is 0 Å². The Kier molecular flexibility index (Phi) is 3.66. The second-order valence-electron chi connectivity index (χ2n) is 7.31. The van der Waals surface area contributed by atoms with Crippen molar-refractivity contribution in [3.05, 3.63) is 71.2 Å². The second kappa shape index (κ2) is 5.61. The number of nitrogens with zero attached hydrogens (tertiary/aromatic N) is 1. The number of halogens is 1. The number of para-hydroxylation sites is 1. The number of hydrogen-bond donors (Lipinski definition) is 0. The summed E-state index contributed by atoms with van der Waals surface area (Å²) in [5.41, 5.74) is 3.73. The Morgan fingerprint density at radius 3 is 2.12 bits per heavy atom. The summed E-state index contributed by atoms with van der Waals surface area (Å²) in [5, 5.41) is 4.08. The molecule has 0 unspecified atom stereocenters. The normalized spacial score (nSPS) is 12.2. The van der Waals surface area contributed by atoms with E-state index < -0.39 is 8.07 Å². The summed E-state index contributed by atoms with van der Waals surface area (Å²) in [6.45, 7) is 7.17. The Morgan fingerprint density at radius 2 is 1.42 bits per heavy atom. The van der Waals surface area contributed by atoms with Crippen LogP contribution in [0.4, 0.5) is 0 Å². The molecule has 1 aromatic heterocycles. The maximum atomic E-state index is 3.61. The molecule has 24 heavy (non-hydrogen) atoms. The van der Waals surface area contributed by atoms with Crippen LogP contribution in [0.15, 0.2) is 71.2 Å². The van der Waals surface area contributed by atoms with Gasteiger partial charge in [0.25, 0.3) is 0 Å². The van der Waals surface area contributed by atoms with Gasteiger partial charge in [-0.3, -0.25) is 0 Å². The number of fused-ring (bicyclic) bond motifs is 3. The Bertz CT molecular complexity index is 1040. The van der Waals surface area contributed by atoms with Gasteiger partial charge in [0.1, 0.15) is 0 Å². The molecule has 0 spiro atoms. The van der Waals surface area contributed by atoms with Crippen molar-refractivity contribution in [2.75, 3.05) is 0 Å². The van der Waals surface area contributed by atoms with Crippen LogP contribution < -0.4 is 5.19 Å². The molecule has 1 heterocycles. The minimum Gasteiger partial charge on any atom is -0.309 e. The molecule has 0 aliphatic heterocycles. The third-order valence-corrected chi connectivity index (χ3v) is 7.18. The molecule has 1 nitrogen and oxygen atoms in total. The van der Waals surface area contributed by atoms with Crippen molar-refractivity contribution >= 4 is 51.0 Å². The Hall–Kier alpha value is -1.84. The summed E-state index contributed by atoms with van der Waals surface area (Å²) in [5.74, 6) is 0. The lowest BCUT2D eigenvalue weighted by atomic mass is 10.2. The quantitative estimate of drug-likeness (QED) is 0.363. The standard InChI is InChI=1S/C21H20BrNSi/c1-24(2,3)17-11-9-16(10-12-17)23-20-7-5-4-6-18(20)19-14-15(22)8-13-21(19)23/h4-14H,1-3H3. The molecule has 0 aliphatic rings. The third kappa shape index (κ3) is 2.52. The molecular weight excluding hydrogens is 374 g/mol. The van der Waals surface area contributed by atoms with E-state index in [9.17, 15) is 0 Å². The SMILES string of the molecule is C[Si](C)(C)c1ccc(-n2c3ccccc3c3cc(Br)ccc32)cc1. The van der Waals surface area contributed by atoms with Gasteiger partial charge in [-0.15, -0.1) is 0 Å². The van der Waals surface area contributed by atoms with Crippen molar-refractivity contribution < 1.29 is 0 Å². The molecule has 0 bridgehead atoms. The topological polar surface area (TPSA) is 4.93 Å². The summed E-state index contributed by atoms with van der Waals surface area (Å²) in [6.07, 6.45) is 0. The molecule has 0 saturated heterocycles. The summed E-state index contributed by atoms with van der Waals surface area (Å²) in [4.78, 5) is 0. The monoisotopic (exact) mass is 393 g/mol. The van der Waals surface area contributed by atoms with E-state index >= 15 is 0 Å². The van der Waals surface area contributed by atoms with E-state index in [0.717, 1.165) is 4.47 Å². The molecule has 4 rings (SSSR count). The van der Waals surface area contributed by atoms with Crippen LogP contribution >= 0.6 is 15.9 Å². The van der Waals surface area contributed by atoms with Gasteiger partial charge in [0.2, 0.25) is 0 Å². The lowest BCUT2D eigenvalue weighted by Gasteiger charge is -2.17. The zero-order valence-corrected chi connectivity index (χ0v) is 16.8. The highest BCUT2D eigenvalue weighted by atomic mass is 79.9. The average molecular weight is 394 g/mol. The third-order valence-electron chi connectivity index (χ3n) is 4.63. The van der Waals surface area contributed by atoms with Crippen molar-refractivity contribution in [3.63, 3.8) is 0 Å². The maximum Gasteiger partial charge on any atom is 0.0775 e. The van der Waals surface area contributed by atoms with Gasteiger partial charge in [-0.05, 0) is 36.4 Å². The summed E-state index contributed by atoms with van der Waals surface area (Å²) in [6, 6.07) is 24.3. The van der Waals surface area contributed by atoms with E-state index in [2.05, 4.69) is 107 Å². The number of rotatable bonds is 2. The van der Waals surface area contributed by atoms with Crippen LogP contribution in [0.1, 0.15) is 0 Å². The molecule has 0 atom stereocenters. The Labute approximate surface area is 152 Å². The molecule has 0 amide bonds. The Balaban J connectivity index is 2.01. The molecule has 3 heteroatoms. The predicted octanol–water partition coefficient (Wildman–Crippen LogP) is 6.09. The molecule has 3 aromatic carbocycles. The number of hydrogen-bond acceptors (Lipinski definition) is 0. The van der Waals surface area contributed by atoms with Crippen LogP contribution in [0.2, 0.25) is 19.6 Å². The maximum absolute atomic E-state index is 3.61. The van der Waals surface area contributed by atoms with Crippen molar-refractivity contribution in [1.29, 1.82) is 0 Å². The molecule has 0 saturated carbocycles. The van der Waals surface area contributed by atoms with Crippen LogP contribution in [-0.2, 0) is 0 Å². The highest BCUT2D eigenvalue weighted by Gasteiger charge is 2.17. The minimum atomic E-state index is -1.27. The van der Waals surface area contributed by atoms with Gasteiger partial charge >= 0.3 is 0 Å². The fourth-order valence-corrected chi connectivity index (χ4v) is 4.86. The second-order valence-corrected chi connectivity index (χ2v) is 13.3. The first kappa shape index (κ1) is 15.7. The van der Waals surface area contributed by atoms with Crippen molar-refractivity contribution in [1.82, 2.24) is 4.57 Å². The molecule has 4 aromatic rings. The molecule has 0 N–H and O–H groups in total. The summed E-state index contributed by atoms with van der Waals surface area (Å²) >= 11 is 3.61. The zero-order valence-electron chi connectivity index (χ0n) is 14.2. The first-order valence-electron chi connectivity index (χ1n) is 8.25. The van der Waals surface area contributed by atoms with Crippen LogP contribution in [0, 0.1) is 0 Å². The zero-order chi connectivity index (χ0) is 16.9. The first-order chi connectivity index (χ1) is 11.4. The van der Waals surface area contributed by atoms with Crippen LogP contribution in [-0.4, -0.2) is 12.6 Å². The molecule has 0 aliphatic carbocycles. The largest absolute Gasteiger partial charge is 0.309 e. The van der Waals surface area contributed by atoms with E-state index in [1.807, 2.05) is 0 Å². The van der Waals surface area contributed by atoms with Gasteiger partial charge in [-0.2, -0.15) is 0 Å². The molecule has 120 valence electrons. The van der Waals surface area contributed by atoms with Gasteiger partial charge in [-0.1, -0.05) is 71.1 Å². The predicted molar refractivity (Wildman–Crippen MR) is 111 cm³/mol. The first-order valence-corrected chi connectivity index (χ1v) is 12.5. The van der Waals surface area contributed by atoms with Crippen LogP contribution in [0.25, 0.3) is 27.5 Å². The molecular formula is C21H20BrNSi. The minimum absolute atomic E-state index is 1.12. The van der Waals surface area contributed by atoms with Crippen LogP contribution in [0.3, 0.4) is 0 Å². The van der Waals surface area contributed by atoms with E-state index in [0.29, 0.717) is 0 Å². The summed E-state index contributed by atoms with van der Waals surface area (Å²) < 4.78 is 3.48. The van der Waals surface area contributed by atoms with Crippen molar-refractivity contribution in [2.24, 2.45) is 0 Å². The molecule has 0 fully saturated rings.